The highest BCUT2D eigenvalue weighted by atomic mass is 127. The Bertz CT molecular complexity index is 117. The lowest BCUT2D eigenvalue weighted by Gasteiger charge is -2.19. The monoisotopic (exact) mass is 312 g/mol. The topological polar surface area (TPSA) is 9.23 Å². The van der Waals surface area contributed by atoms with Crippen LogP contribution in [0.5, 0.6) is 0 Å². The third-order valence-corrected chi connectivity index (χ3v) is 4.37. The first-order chi connectivity index (χ1) is 6.76. The molecule has 0 aliphatic carbocycles. The van der Waals surface area contributed by atoms with Gasteiger partial charge >= 0.3 is 0 Å². The lowest BCUT2D eigenvalue weighted by atomic mass is 10.1. The number of halogens is 1. The van der Waals surface area contributed by atoms with Gasteiger partial charge < -0.3 is 4.74 Å². The number of hydrogen-bond acceptors (Lipinski definition) is 1. The van der Waals surface area contributed by atoms with Crippen LogP contribution >= 0.6 is 22.6 Å². The van der Waals surface area contributed by atoms with Gasteiger partial charge in [0.25, 0.3) is 0 Å². The molecule has 86 valence electrons. The highest BCUT2D eigenvalue weighted by Crippen LogP contribution is 2.19. The molecule has 1 nitrogen and oxygen atoms in total. The fraction of sp³-hybridized carbons (Fsp3) is 1.00. The zero-order valence-corrected chi connectivity index (χ0v) is 12.0. The molecule has 0 radical (unpaired) electrons. The van der Waals surface area contributed by atoms with Gasteiger partial charge in [-0.2, -0.15) is 0 Å². The highest BCUT2D eigenvalue weighted by molar-refractivity contribution is 14.1. The SMILES string of the molecule is CCCCCCC[C@@H](OC)[C@@H](I)CC. The minimum absolute atomic E-state index is 0.474. The van der Waals surface area contributed by atoms with Crippen LogP contribution in [0.25, 0.3) is 0 Å². The van der Waals surface area contributed by atoms with Crippen molar-refractivity contribution in [3.8, 4) is 0 Å². The quantitative estimate of drug-likeness (QED) is 0.344. The lowest BCUT2D eigenvalue weighted by Crippen LogP contribution is -2.22. The van der Waals surface area contributed by atoms with Crippen molar-refractivity contribution in [3.63, 3.8) is 0 Å². The molecule has 0 rings (SSSR count). The molecule has 0 N–H and O–H groups in total. The molecule has 0 aromatic rings. The van der Waals surface area contributed by atoms with Crippen molar-refractivity contribution >= 4 is 22.6 Å². The average Bonchev–Trinajstić information content (AvgIpc) is 2.22. The van der Waals surface area contributed by atoms with Crippen LogP contribution in [0, 0.1) is 0 Å². The molecular weight excluding hydrogens is 287 g/mol. The molecule has 0 bridgehead atoms. The second-order valence-electron chi connectivity index (χ2n) is 3.90. The summed E-state index contributed by atoms with van der Waals surface area (Å²) in [6.45, 7) is 4.50. The van der Waals surface area contributed by atoms with Crippen molar-refractivity contribution in [2.75, 3.05) is 7.11 Å². The Morgan fingerprint density at radius 3 is 2.21 bits per heavy atom. The maximum Gasteiger partial charge on any atom is 0.0688 e. The smallest absolute Gasteiger partial charge is 0.0688 e. The summed E-state index contributed by atoms with van der Waals surface area (Å²) < 4.78 is 6.19. The zero-order valence-electron chi connectivity index (χ0n) is 9.89. The number of unbranched alkanes of at least 4 members (excludes halogenated alkanes) is 4. The maximum atomic E-state index is 5.50. The van der Waals surface area contributed by atoms with E-state index in [4.69, 9.17) is 4.74 Å². The minimum atomic E-state index is 0.474. The molecule has 2 heteroatoms. The molecule has 0 unspecified atom stereocenters. The van der Waals surface area contributed by atoms with Gasteiger partial charge in [0.2, 0.25) is 0 Å². The van der Waals surface area contributed by atoms with E-state index in [1.807, 2.05) is 7.11 Å². The van der Waals surface area contributed by atoms with E-state index in [0.29, 0.717) is 10.0 Å². The van der Waals surface area contributed by atoms with E-state index in [9.17, 15) is 0 Å². The largest absolute Gasteiger partial charge is 0.380 e. The fourth-order valence-corrected chi connectivity index (χ4v) is 2.31. The second-order valence-corrected chi connectivity index (χ2v) is 5.50. The normalized spacial score (nSPS) is 15.4. The van der Waals surface area contributed by atoms with Crippen LogP contribution in [-0.4, -0.2) is 17.1 Å². The van der Waals surface area contributed by atoms with Crippen LogP contribution in [0.3, 0.4) is 0 Å². The lowest BCUT2D eigenvalue weighted by molar-refractivity contribution is 0.0933. The molecule has 0 aromatic carbocycles. The van der Waals surface area contributed by atoms with E-state index < -0.39 is 0 Å². The summed E-state index contributed by atoms with van der Waals surface area (Å²) in [6.07, 6.45) is 9.75. The first kappa shape index (κ1) is 14.7. The third kappa shape index (κ3) is 7.04. The second kappa shape index (κ2) is 10.2. The van der Waals surface area contributed by atoms with Gasteiger partial charge in [-0.1, -0.05) is 68.5 Å². The van der Waals surface area contributed by atoms with Crippen LogP contribution in [-0.2, 0) is 4.74 Å². The molecule has 0 fully saturated rings. The number of methoxy groups -OCH3 is 1. The van der Waals surface area contributed by atoms with Crippen molar-refractivity contribution in [2.45, 2.75) is 68.8 Å². The van der Waals surface area contributed by atoms with Crippen LogP contribution in [0.15, 0.2) is 0 Å². The van der Waals surface area contributed by atoms with Crippen molar-refractivity contribution < 1.29 is 4.74 Å². The van der Waals surface area contributed by atoms with E-state index in [-0.39, 0.29) is 0 Å². The van der Waals surface area contributed by atoms with Gasteiger partial charge in [0, 0.05) is 11.0 Å². The van der Waals surface area contributed by atoms with Crippen LogP contribution in [0.1, 0.15) is 58.8 Å². The molecule has 0 aliphatic heterocycles. The Balaban J connectivity index is 3.42. The van der Waals surface area contributed by atoms with Gasteiger partial charge in [-0.05, 0) is 12.8 Å². The predicted molar refractivity (Wildman–Crippen MR) is 72.3 cm³/mol. The van der Waals surface area contributed by atoms with Crippen LogP contribution in [0.4, 0.5) is 0 Å². The summed E-state index contributed by atoms with van der Waals surface area (Å²) in [5.74, 6) is 0. The van der Waals surface area contributed by atoms with Crippen molar-refractivity contribution in [2.24, 2.45) is 0 Å². The number of hydrogen-bond donors (Lipinski definition) is 0. The molecule has 0 saturated carbocycles. The Morgan fingerprint density at radius 1 is 1.07 bits per heavy atom. The summed E-state index contributed by atoms with van der Waals surface area (Å²) in [5.41, 5.74) is 0. The number of ether oxygens (including phenoxy) is 1. The van der Waals surface area contributed by atoms with E-state index in [1.165, 1.54) is 44.9 Å². The van der Waals surface area contributed by atoms with Gasteiger partial charge in [-0.3, -0.25) is 0 Å². The van der Waals surface area contributed by atoms with Gasteiger partial charge in [0.15, 0.2) is 0 Å². The zero-order chi connectivity index (χ0) is 10.8. The summed E-state index contributed by atoms with van der Waals surface area (Å²) >= 11 is 2.51. The molecule has 0 heterocycles. The molecular formula is C12H25IO. The Morgan fingerprint density at radius 2 is 1.71 bits per heavy atom. The van der Waals surface area contributed by atoms with Gasteiger partial charge in [-0.25, -0.2) is 0 Å². The summed E-state index contributed by atoms with van der Waals surface area (Å²) in [5, 5.41) is 0. The highest BCUT2D eigenvalue weighted by Gasteiger charge is 2.15. The number of rotatable bonds is 9. The molecule has 0 saturated heterocycles. The first-order valence-corrected chi connectivity index (χ1v) is 7.17. The van der Waals surface area contributed by atoms with Crippen LogP contribution < -0.4 is 0 Å². The van der Waals surface area contributed by atoms with Gasteiger partial charge in [0.05, 0.1) is 6.10 Å². The Kier molecular flexibility index (Phi) is 10.7. The fourth-order valence-electron chi connectivity index (χ4n) is 1.66. The predicted octanol–water partition coefficient (Wildman–Crippen LogP) is 4.58. The molecule has 2 atom stereocenters. The van der Waals surface area contributed by atoms with Gasteiger partial charge in [-0.15, -0.1) is 0 Å². The van der Waals surface area contributed by atoms with E-state index in [0.717, 1.165) is 0 Å². The van der Waals surface area contributed by atoms with Crippen LogP contribution in [0.2, 0.25) is 0 Å². The van der Waals surface area contributed by atoms with Crippen molar-refractivity contribution in [3.05, 3.63) is 0 Å². The van der Waals surface area contributed by atoms with Crippen molar-refractivity contribution in [1.82, 2.24) is 0 Å². The van der Waals surface area contributed by atoms with E-state index in [1.54, 1.807) is 0 Å². The molecule has 0 amide bonds. The molecule has 0 aromatic heterocycles. The summed E-state index contributed by atoms with van der Waals surface area (Å²) in [6, 6.07) is 0. The third-order valence-electron chi connectivity index (χ3n) is 2.69. The molecule has 0 spiro atoms. The Hall–Kier alpha value is 0.690. The maximum absolute atomic E-state index is 5.50. The van der Waals surface area contributed by atoms with E-state index >= 15 is 0 Å². The Labute approximate surface area is 103 Å². The molecule has 14 heavy (non-hydrogen) atoms. The summed E-state index contributed by atoms with van der Waals surface area (Å²) in [7, 11) is 1.85. The summed E-state index contributed by atoms with van der Waals surface area (Å²) in [4.78, 5) is 0. The molecule has 0 aliphatic rings. The first-order valence-electron chi connectivity index (χ1n) is 5.93. The van der Waals surface area contributed by atoms with E-state index in [2.05, 4.69) is 36.4 Å². The van der Waals surface area contributed by atoms with Gasteiger partial charge in [0.1, 0.15) is 0 Å². The minimum Gasteiger partial charge on any atom is -0.380 e. The standard InChI is InChI=1S/C12H25IO/c1-4-6-7-8-9-10-12(14-3)11(13)5-2/h11-12H,4-10H2,1-3H3/t11-,12+/m0/s1. The number of alkyl halides is 1. The van der Waals surface area contributed by atoms with Crippen molar-refractivity contribution in [1.29, 1.82) is 0 Å². The average molecular weight is 312 g/mol.